The molecule has 0 bridgehead atoms. The summed E-state index contributed by atoms with van der Waals surface area (Å²) in [6.45, 7) is -0.526. The van der Waals surface area contributed by atoms with Crippen molar-refractivity contribution < 1.29 is 50.1 Å². The quantitative estimate of drug-likeness (QED) is 0.231. The van der Waals surface area contributed by atoms with E-state index < -0.39 is 49.3 Å². The summed E-state index contributed by atoms with van der Waals surface area (Å²) >= 11 is 0. The van der Waals surface area contributed by atoms with E-state index in [-0.39, 0.29) is 0 Å². The van der Waals surface area contributed by atoms with Gasteiger partial charge in [-0.1, -0.05) is 0 Å². The standard InChI is InChI=1S/C6H12O6.C2H2O4/c7-1-2-3(8)4(9)5(10)6(11)12-2;3-1(4)2(5)6/h2-11H,1H2;(H,3,4)(H,5,6)/t2-,3-,4+,5-,6+;/m0./s1. The molecule has 18 heavy (non-hydrogen) atoms. The number of hydrogen-bond donors (Lipinski definition) is 7. The molecule has 0 amide bonds. The van der Waals surface area contributed by atoms with E-state index in [9.17, 15) is 0 Å². The van der Waals surface area contributed by atoms with Crippen molar-refractivity contribution >= 4 is 11.9 Å². The zero-order valence-electron chi connectivity index (χ0n) is 8.95. The van der Waals surface area contributed by atoms with E-state index in [1.807, 2.05) is 0 Å². The summed E-state index contributed by atoms with van der Waals surface area (Å²) in [6, 6.07) is 0. The lowest BCUT2D eigenvalue weighted by molar-refractivity contribution is -0.286. The van der Waals surface area contributed by atoms with Crippen LogP contribution < -0.4 is 0 Å². The summed E-state index contributed by atoms with van der Waals surface area (Å²) in [6.07, 6.45) is -7.04. The smallest absolute Gasteiger partial charge is 0.414 e. The van der Waals surface area contributed by atoms with E-state index in [2.05, 4.69) is 4.74 Å². The van der Waals surface area contributed by atoms with Gasteiger partial charge in [0.25, 0.3) is 0 Å². The number of hydrogen-bond acceptors (Lipinski definition) is 8. The SMILES string of the molecule is O=C(O)C(=O)O.OC[C@@H]1O[C@@H](O)[C@@H](O)[C@H](O)[C@H]1O. The molecule has 0 aromatic heterocycles. The fourth-order valence-corrected chi connectivity index (χ4v) is 1.08. The number of aliphatic hydroxyl groups is 5. The Kier molecular flexibility index (Phi) is 6.68. The molecule has 0 saturated carbocycles. The molecule has 0 aromatic rings. The van der Waals surface area contributed by atoms with Crippen LogP contribution in [0.1, 0.15) is 0 Å². The van der Waals surface area contributed by atoms with Crippen molar-refractivity contribution in [1.29, 1.82) is 0 Å². The predicted molar refractivity (Wildman–Crippen MR) is 51.3 cm³/mol. The fourth-order valence-electron chi connectivity index (χ4n) is 1.08. The number of carbonyl (C=O) groups is 2. The molecule has 1 fully saturated rings. The van der Waals surface area contributed by atoms with Crippen molar-refractivity contribution in [3.63, 3.8) is 0 Å². The van der Waals surface area contributed by atoms with Gasteiger partial charge in [-0.15, -0.1) is 0 Å². The van der Waals surface area contributed by atoms with Gasteiger partial charge < -0.3 is 40.5 Å². The summed E-state index contributed by atoms with van der Waals surface area (Å²) in [4.78, 5) is 18.2. The summed E-state index contributed by atoms with van der Waals surface area (Å²) in [7, 11) is 0. The number of aliphatic carboxylic acids is 2. The second-order valence-electron chi connectivity index (χ2n) is 3.33. The van der Waals surface area contributed by atoms with Crippen LogP contribution in [0.2, 0.25) is 0 Å². The number of ether oxygens (including phenoxy) is 1. The Morgan fingerprint density at radius 3 is 1.67 bits per heavy atom. The van der Waals surface area contributed by atoms with Gasteiger partial charge in [-0.2, -0.15) is 0 Å². The van der Waals surface area contributed by atoms with Crippen molar-refractivity contribution in [3.05, 3.63) is 0 Å². The Balaban J connectivity index is 0.000000411. The van der Waals surface area contributed by atoms with E-state index in [0.29, 0.717) is 0 Å². The Bertz CT molecular complexity index is 275. The molecule has 1 aliphatic rings. The fraction of sp³-hybridized carbons (Fsp3) is 0.750. The molecule has 1 heterocycles. The average molecular weight is 270 g/mol. The van der Waals surface area contributed by atoms with Crippen LogP contribution in [0.3, 0.4) is 0 Å². The van der Waals surface area contributed by atoms with Crippen LogP contribution in [0.15, 0.2) is 0 Å². The van der Waals surface area contributed by atoms with Crippen molar-refractivity contribution in [2.45, 2.75) is 30.7 Å². The lowest BCUT2D eigenvalue weighted by atomic mass is 10.00. The van der Waals surface area contributed by atoms with Gasteiger partial charge in [-0.25, -0.2) is 9.59 Å². The second kappa shape index (κ2) is 7.20. The third-order valence-electron chi connectivity index (χ3n) is 2.05. The van der Waals surface area contributed by atoms with E-state index in [1.54, 1.807) is 0 Å². The van der Waals surface area contributed by atoms with Crippen molar-refractivity contribution in [2.75, 3.05) is 6.61 Å². The van der Waals surface area contributed by atoms with Crippen LogP contribution in [0, 0.1) is 0 Å². The van der Waals surface area contributed by atoms with Crippen LogP contribution in [0.25, 0.3) is 0 Å². The highest BCUT2D eigenvalue weighted by Gasteiger charge is 2.42. The summed E-state index contributed by atoms with van der Waals surface area (Å²) in [5.74, 6) is -3.65. The first-order valence-electron chi connectivity index (χ1n) is 4.67. The first-order valence-corrected chi connectivity index (χ1v) is 4.67. The first-order chi connectivity index (χ1) is 8.22. The van der Waals surface area contributed by atoms with Crippen LogP contribution in [-0.4, -0.2) is 85.0 Å². The molecular formula is C8H14O10. The minimum Gasteiger partial charge on any atom is -0.473 e. The zero-order chi connectivity index (χ0) is 14.5. The van der Waals surface area contributed by atoms with Crippen molar-refractivity contribution in [2.24, 2.45) is 0 Å². The normalized spacial score (nSPS) is 35.3. The molecule has 10 heteroatoms. The van der Waals surface area contributed by atoms with Crippen molar-refractivity contribution in [1.82, 2.24) is 0 Å². The Hall–Kier alpha value is -1.30. The van der Waals surface area contributed by atoms with Gasteiger partial charge in [0.1, 0.15) is 24.4 Å². The monoisotopic (exact) mass is 270 g/mol. The number of carboxylic acids is 2. The number of aliphatic hydroxyl groups excluding tert-OH is 5. The molecule has 0 unspecified atom stereocenters. The van der Waals surface area contributed by atoms with E-state index >= 15 is 0 Å². The van der Waals surface area contributed by atoms with E-state index in [1.165, 1.54) is 0 Å². The maximum absolute atomic E-state index is 9.12. The molecule has 10 nitrogen and oxygen atoms in total. The maximum Gasteiger partial charge on any atom is 0.414 e. The van der Waals surface area contributed by atoms with E-state index in [4.69, 9.17) is 45.3 Å². The first kappa shape index (κ1) is 16.7. The Labute approximate surface area is 100 Å². The highest BCUT2D eigenvalue weighted by molar-refractivity contribution is 6.27. The predicted octanol–water partition coefficient (Wildman–Crippen LogP) is -4.07. The second-order valence-corrected chi connectivity index (χ2v) is 3.33. The molecule has 1 aliphatic heterocycles. The minimum atomic E-state index is -1.82. The van der Waals surface area contributed by atoms with Gasteiger partial charge in [0, 0.05) is 0 Å². The molecule has 0 radical (unpaired) electrons. The van der Waals surface area contributed by atoms with Gasteiger partial charge in [0.15, 0.2) is 6.29 Å². The van der Waals surface area contributed by atoms with Gasteiger partial charge in [0.2, 0.25) is 0 Å². The van der Waals surface area contributed by atoms with E-state index in [0.717, 1.165) is 0 Å². The number of carboxylic acid groups (broad SMARTS) is 2. The van der Waals surface area contributed by atoms with Gasteiger partial charge in [0.05, 0.1) is 6.61 Å². The van der Waals surface area contributed by atoms with Crippen LogP contribution >= 0.6 is 0 Å². The highest BCUT2D eigenvalue weighted by Crippen LogP contribution is 2.18. The maximum atomic E-state index is 9.12. The molecule has 5 atom stereocenters. The van der Waals surface area contributed by atoms with Gasteiger partial charge in [-0.05, 0) is 0 Å². The molecule has 106 valence electrons. The number of rotatable bonds is 1. The summed E-state index contributed by atoms with van der Waals surface area (Å²) in [5, 5.41) is 59.4. The molecule has 1 saturated heterocycles. The molecule has 0 spiro atoms. The van der Waals surface area contributed by atoms with Crippen LogP contribution in [-0.2, 0) is 14.3 Å². The van der Waals surface area contributed by atoms with Gasteiger partial charge in [-0.3, -0.25) is 0 Å². The van der Waals surface area contributed by atoms with Crippen LogP contribution in [0.4, 0.5) is 0 Å². The third-order valence-corrected chi connectivity index (χ3v) is 2.05. The minimum absolute atomic E-state index is 0.526. The highest BCUT2D eigenvalue weighted by atomic mass is 16.6. The molecular weight excluding hydrogens is 256 g/mol. The topological polar surface area (TPSA) is 185 Å². The Morgan fingerprint density at radius 1 is 0.889 bits per heavy atom. The average Bonchev–Trinajstić information content (AvgIpc) is 2.31. The van der Waals surface area contributed by atoms with Crippen molar-refractivity contribution in [3.8, 4) is 0 Å². The molecule has 7 N–H and O–H groups in total. The largest absolute Gasteiger partial charge is 0.473 e. The zero-order valence-corrected chi connectivity index (χ0v) is 8.95. The van der Waals surface area contributed by atoms with Crippen LogP contribution in [0.5, 0.6) is 0 Å². The molecule has 0 aliphatic carbocycles. The lowest BCUT2D eigenvalue weighted by Crippen LogP contribution is -2.58. The summed E-state index contributed by atoms with van der Waals surface area (Å²) < 4.78 is 4.58. The summed E-state index contributed by atoms with van der Waals surface area (Å²) in [5.41, 5.74) is 0. The molecule has 0 aromatic carbocycles. The lowest BCUT2D eigenvalue weighted by Gasteiger charge is -2.37. The Morgan fingerprint density at radius 2 is 1.33 bits per heavy atom. The molecule has 1 rings (SSSR count). The van der Waals surface area contributed by atoms with Gasteiger partial charge >= 0.3 is 11.9 Å². The third kappa shape index (κ3) is 4.52.